The highest BCUT2D eigenvalue weighted by Gasteiger charge is 2.42. The van der Waals surface area contributed by atoms with Gasteiger partial charge in [0.05, 0.1) is 0 Å². The van der Waals surface area contributed by atoms with Gasteiger partial charge >= 0.3 is 6.18 Å². The zero-order valence-electron chi connectivity index (χ0n) is 20.7. The van der Waals surface area contributed by atoms with Crippen LogP contribution in [0.2, 0.25) is 0 Å². The number of aliphatic hydroxyl groups is 1. The van der Waals surface area contributed by atoms with Crippen molar-refractivity contribution in [3.8, 4) is 11.1 Å². The zero-order valence-corrected chi connectivity index (χ0v) is 20.7. The maximum absolute atomic E-state index is 13.6. The lowest BCUT2D eigenvalue weighted by atomic mass is 9.62. The van der Waals surface area contributed by atoms with Crippen LogP contribution in [0.25, 0.3) is 21.9 Å². The molecule has 0 radical (unpaired) electrons. The van der Waals surface area contributed by atoms with E-state index < -0.39 is 12.3 Å². The minimum Gasteiger partial charge on any atom is -0.379 e. The summed E-state index contributed by atoms with van der Waals surface area (Å²) in [6, 6.07) is 15.1. The Morgan fingerprint density at radius 2 is 1.30 bits per heavy atom. The molecule has 1 N–H and O–H groups in total. The summed E-state index contributed by atoms with van der Waals surface area (Å²) in [6.45, 7) is 14.7. The van der Waals surface area contributed by atoms with Crippen LogP contribution in [-0.4, -0.2) is 11.3 Å². The number of rotatable bonds is 2. The monoisotopic (exact) mass is 456 g/mol. The van der Waals surface area contributed by atoms with Crippen molar-refractivity contribution >= 4 is 10.8 Å². The Morgan fingerprint density at radius 1 is 0.788 bits per heavy atom. The number of hydrogen-bond acceptors (Lipinski definition) is 1. The van der Waals surface area contributed by atoms with Gasteiger partial charge in [0.2, 0.25) is 0 Å². The normalized spacial score (nSPS) is 17.7. The highest BCUT2D eigenvalue weighted by molar-refractivity contribution is 5.92. The highest BCUT2D eigenvalue weighted by atomic mass is 19.4. The molecule has 33 heavy (non-hydrogen) atoms. The van der Waals surface area contributed by atoms with E-state index >= 15 is 0 Å². The van der Waals surface area contributed by atoms with Crippen molar-refractivity contribution in [2.24, 2.45) is 0 Å². The summed E-state index contributed by atoms with van der Waals surface area (Å²) in [5, 5.41) is 11.5. The predicted octanol–water partition coefficient (Wildman–Crippen LogP) is 8.79. The Bertz CT molecular complexity index is 1140. The maximum Gasteiger partial charge on any atom is 0.418 e. The molecule has 0 aromatic heterocycles. The molecule has 4 heteroatoms. The van der Waals surface area contributed by atoms with Gasteiger partial charge < -0.3 is 5.11 Å². The van der Waals surface area contributed by atoms with E-state index in [9.17, 15) is 18.3 Å². The molecule has 1 nitrogen and oxygen atoms in total. The van der Waals surface area contributed by atoms with E-state index in [-0.39, 0.29) is 16.4 Å². The number of hydrogen-bond donors (Lipinski definition) is 1. The van der Waals surface area contributed by atoms with Crippen molar-refractivity contribution in [3.05, 3.63) is 70.8 Å². The van der Waals surface area contributed by atoms with Gasteiger partial charge in [-0.3, -0.25) is 0 Å². The molecule has 0 bridgehead atoms. The molecule has 1 aliphatic carbocycles. The molecular weight excluding hydrogens is 421 g/mol. The van der Waals surface area contributed by atoms with Crippen LogP contribution in [0.4, 0.5) is 13.2 Å². The van der Waals surface area contributed by atoms with Crippen molar-refractivity contribution in [1.29, 1.82) is 0 Å². The molecule has 0 amide bonds. The summed E-state index contributed by atoms with van der Waals surface area (Å²) < 4.78 is 40.8. The van der Waals surface area contributed by atoms with Crippen LogP contribution in [0.5, 0.6) is 0 Å². The first-order valence-corrected chi connectivity index (χ1v) is 11.7. The molecule has 0 saturated heterocycles. The summed E-state index contributed by atoms with van der Waals surface area (Å²) in [5.74, 6) is 0. The first-order chi connectivity index (χ1) is 15.3. The van der Waals surface area contributed by atoms with Crippen LogP contribution in [0.1, 0.15) is 82.7 Å². The molecule has 1 unspecified atom stereocenters. The summed E-state index contributed by atoms with van der Waals surface area (Å²) >= 11 is 0. The van der Waals surface area contributed by atoms with Crippen LogP contribution in [0.15, 0.2) is 48.5 Å². The SMILES string of the molecule is CC.Cc1ccc(-c2cc(C(O)C(F)(F)F)c3cc4c(cc3c2)C(C)(C)CCC4(C)C)cc1. The molecule has 0 saturated carbocycles. The average molecular weight is 457 g/mol. The van der Waals surface area contributed by atoms with Crippen molar-refractivity contribution in [2.45, 2.75) is 84.4 Å². The lowest BCUT2D eigenvalue weighted by molar-refractivity contribution is -0.206. The molecule has 0 heterocycles. The van der Waals surface area contributed by atoms with Gasteiger partial charge in [0, 0.05) is 0 Å². The molecule has 3 aromatic rings. The molecular formula is C29H35F3O. The minimum absolute atomic E-state index is 0.0539. The van der Waals surface area contributed by atoms with E-state index in [0.29, 0.717) is 10.9 Å². The Morgan fingerprint density at radius 3 is 1.82 bits per heavy atom. The second-order valence-electron chi connectivity index (χ2n) is 10.3. The lowest BCUT2D eigenvalue weighted by Gasteiger charge is -2.42. The molecule has 4 rings (SSSR count). The summed E-state index contributed by atoms with van der Waals surface area (Å²) in [4.78, 5) is 0. The second-order valence-corrected chi connectivity index (χ2v) is 10.3. The minimum atomic E-state index is -4.73. The van der Waals surface area contributed by atoms with Gasteiger partial charge in [0.15, 0.2) is 6.10 Å². The topological polar surface area (TPSA) is 20.2 Å². The number of halogens is 3. The first kappa shape index (κ1) is 25.3. The first-order valence-electron chi connectivity index (χ1n) is 11.7. The van der Waals surface area contributed by atoms with Gasteiger partial charge in [-0.2, -0.15) is 13.2 Å². The molecule has 0 fully saturated rings. The van der Waals surface area contributed by atoms with E-state index in [1.54, 1.807) is 0 Å². The van der Waals surface area contributed by atoms with Crippen LogP contribution in [0, 0.1) is 6.92 Å². The quantitative estimate of drug-likeness (QED) is 0.408. The van der Waals surface area contributed by atoms with Gasteiger partial charge in [0.1, 0.15) is 0 Å². The molecule has 0 aliphatic heterocycles. The van der Waals surface area contributed by atoms with Crippen LogP contribution in [-0.2, 0) is 10.8 Å². The number of aryl methyl sites for hydroxylation is 1. The van der Waals surface area contributed by atoms with E-state index in [0.717, 1.165) is 34.9 Å². The fourth-order valence-electron chi connectivity index (χ4n) is 4.77. The van der Waals surface area contributed by atoms with Gasteiger partial charge in [0.25, 0.3) is 0 Å². The van der Waals surface area contributed by atoms with Crippen molar-refractivity contribution in [3.63, 3.8) is 0 Å². The van der Waals surface area contributed by atoms with E-state index in [1.165, 1.54) is 11.6 Å². The Balaban J connectivity index is 0.00000149. The Labute approximate surface area is 195 Å². The number of alkyl halides is 3. The van der Waals surface area contributed by atoms with Gasteiger partial charge in [-0.25, -0.2) is 0 Å². The van der Waals surface area contributed by atoms with Gasteiger partial charge in [-0.05, 0) is 87.4 Å². The number of fused-ring (bicyclic) bond motifs is 2. The molecule has 1 aliphatic rings. The summed E-state index contributed by atoms with van der Waals surface area (Å²) in [5.41, 5.74) is 4.59. The largest absolute Gasteiger partial charge is 0.418 e. The molecule has 0 spiro atoms. The highest BCUT2D eigenvalue weighted by Crippen LogP contribution is 2.48. The van der Waals surface area contributed by atoms with Crippen LogP contribution < -0.4 is 0 Å². The molecule has 3 aromatic carbocycles. The van der Waals surface area contributed by atoms with E-state index in [2.05, 4.69) is 33.8 Å². The van der Waals surface area contributed by atoms with Crippen molar-refractivity contribution in [1.82, 2.24) is 0 Å². The number of aliphatic hydroxyl groups excluding tert-OH is 1. The fraction of sp³-hybridized carbons (Fsp3) is 0.448. The zero-order chi connectivity index (χ0) is 24.8. The van der Waals surface area contributed by atoms with E-state index in [4.69, 9.17) is 0 Å². The van der Waals surface area contributed by atoms with Gasteiger partial charge in [-0.1, -0.05) is 77.4 Å². The lowest BCUT2D eigenvalue weighted by Crippen LogP contribution is -2.33. The van der Waals surface area contributed by atoms with Crippen molar-refractivity contribution in [2.75, 3.05) is 0 Å². The van der Waals surface area contributed by atoms with Gasteiger partial charge in [-0.15, -0.1) is 0 Å². The van der Waals surface area contributed by atoms with Crippen molar-refractivity contribution < 1.29 is 18.3 Å². The van der Waals surface area contributed by atoms with Crippen LogP contribution >= 0.6 is 0 Å². The molecule has 178 valence electrons. The second kappa shape index (κ2) is 8.79. The fourth-order valence-corrected chi connectivity index (χ4v) is 4.77. The third-order valence-corrected chi connectivity index (χ3v) is 6.95. The van der Waals surface area contributed by atoms with Crippen LogP contribution in [0.3, 0.4) is 0 Å². The third kappa shape index (κ3) is 4.82. The predicted molar refractivity (Wildman–Crippen MR) is 132 cm³/mol. The maximum atomic E-state index is 13.6. The Hall–Kier alpha value is -2.33. The molecule has 1 atom stereocenters. The summed E-state index contributed by atoms with van der Waals surface area (Å²) in [7, 11) is 0. The third-order valence-electron chi connectivity index (χ3n) is 6.95. The smallest absolute Gasteiger partial charge is 0.379 e. The standard InChI is InChI=1S/C27H29F3O.C2H6/c1-16-6-8-17(9-7-16)18-12-19-14-22-23(26(4,5)11-10-25(22,2)3)15-20(19)21(13-18)24(31)27(28,29)30;1-2/h6-9,12-15,24,31H,10-11H2,1-5H3;1-2H3. The summed E-state index contributed by atoms with van der Waals surface area (Å²) in [6.07, 6.45) is -5.27. The number of benzene rings is 3. The van der Waals surface area contributed by atoms with E-state index in [1.807, 2.05) is 57.2 Å². The average Bonchev–Trinajstić information content (AvgIpc) is 2.76. The Kier molecular flexibility index (Phi) is 6.74.